The Hall–Kier alpha value is -1.39. The van der Waals surface area contributed by atoms with E-state index < -0.39 is 0 Å². The second-order valence-electron chi connectivity index (χ2n) is 7.64. The third kappa shape index (κ3) is 5.55. The highest BCUT2D eigenvalue weighted by atomic mass is 16.2. The van der Waals surface area contributed by atoms with Gasteiger partial charge in [-0.3, -0.25) is 9.69 Å². The fourth-order valence-electron chi connectivity index (χ4n) is 4.07. The second-order valence-corrected chi connectivity index (χ2v) is 7.64. The topological polar surface area (TPSA) is 26.8 Å². The lowest BCUT2D eigenvalue weighted by Crippen LogP contribution is -2.48. The summed E-state index contributed by atoms with van der Waals surface area (Å²) in [5.41, 5.74) is 1.42. The van der Waals surface area contributed by atoms with Crippen molar-refractivity contribution in [2.24, 2.45) is 5.92 Å². The molecule has 0 aliphatic carbocycles. The fourth-order valence-corrected chi connectivity index (χ4v) is 4.07. The van der Waals surface area contributed by atoms with E-state index in [0.29, 0.717) is 12.3 Å². The van der Waals surface area contributed by atoms with Gasteiger partial charge in [0.25, 0.3) is 0 Å². The maximum absolute atomic E-state index is 12.0. The van der Waals surface area contributed by atoms with Crippen molar-refractivity contribution < 1.29 is 4.79 Å². The highest BCUT2D eigenvalue weighted by Crippen LogP contribution is 2.20. The summed E-state index contributed by atoms with van der Waals surface area (Å²) in [7, 11) is 0. The van der Waals surface area contributed by atoms with Crippen molar-refractivity contribution in [3.63, 3.8) is 0 Å². The Kier molecular flexibility index (Phi) is 6.88. The molecular formula is C21H33N3O. The van der Waals surface area contributed by atoms with E-state index in [1.165, 1.54) is 51.1 Å². The number of piperidine rings is 1. The van der Waals surface area contributed by atoms with Crippen molar-refractivity contribution in [3.05, 3.63) is 35.9 Å². The van der Waals surface area contributed by atoms with Crippen LogP contribution in [-0.4, -0.2) is 66.4 Å². The molecule has 2 fully saturated rings. The van der Waals surface area contributed by atoms with Crippen LogP contribution in [0.15, 0.2) is 30.3 Å². The van der Waals surface area contributed by atoms with Crippen LogP contribution in [0, 0.1) is 5.92 Å². The molecule has 2 heterocycles. The first-order valence-electron chi connectivity index (χ1n) is 10.0. The molecule has 2 aliphatic heterocycles. The zero-order chi connectivity index (χ0) is 17.5. The Balaban J connectivity index is 1.35. The van der Waals surface area contributed by atoms with E-state index in [-0.39, 0.29) is 0 Å². The van der Waals surface area contributed by atoms with E-state index in [2.05, 4.69) is 52.0 Å². The predicted octanol–water partition coefficient (Wildman–Crippen LogP) is 2.84. The highest BCUT2D eigenvalue weighted by molar-refractivity contribution is 5.76. The van der Waals surface area contributed by atoms with Crippen LogP contribution in [0.25, 0.3) is 0 Å². The van der Waals surface area contributed by atoms with E-state index in [4.69, 9.17) is 0 Å². The highest BCUT2D eigenvalue weighted by Gasteiger charge is 2.25. The predicted molar refractivity (Wildman–Crippen MR) is 102 cm³/mol. The van der Waals surface area contributed by atoms with E-state index in [1.807, 2.05) is 0 Å². The molecule has 0 radical (unpaired) electrons. The van der Waals surface area contributed by atoms with Crippen LogP contribution in [0.2, 0.25) is 0 Å². The van der Waals surface area contributed by atoms with E-state index >= 15 is 0 Å². The molecule has 0 unspecified atom stereocenters. The summed E-state index contributed by atoms with van der Waals surface area (Å²) in [4.78, 5) is 19.3. The molecule has 3 rings (SSSR count). The molecule has 4 heteroatoms. The minimum atomic E-state index is 0.357. The lowest BCUT2D eigenvalue weighted by atomic mass is 9.95. The van der Waals surface area contributed by atoms with Gasteiger partial charge in [0, 0.05) is 58.8 Å². The summed E-state index contributed by atoms with van der Waals surface area (Å²) in [6, 6.07) is 10.8. The maximum atomic E-state index is 12.0. The van der Waals surface area contributed by atoms with Gasteiger partial charge in [0.15, 0.2) is 0 Å². The molecule has 1 aromatic rings. The van der Waals surface area contributed by atoms with Gasteiger partial charge in [-0.2, -0.15) is 0 Å². The number of hydrogen-bond donors (Lipinski definition) is 0. The van der Waals surface area contributed by atoms with Crippen molar-refractivity contribution in [2.75, 3.05) is 45.8 Å². The molecule has 1 amide bonds. The van der Waals surface area contributed by atoms with Crippen molar-refractivity contribution in [2.45, 2.75) is 39.2 Å². The largest absolute Gasteiger partial charge is 0.343 e. The molecule has 0 atom stereocenters. The van der Waals surface area contributed by atoms with Gasteiger partial charge in [-0.25, -0.2) is 0 Å². The minimum Gasteiger partial charge on any atom is -0.343 e. The number of amides is 1. The number of carbonyl (C=O) groups excluding carboxylic acids is 1. The van der Waals surface area contributed by atoms with Crippen LogP contribution >= 0.6 is 0 Å². The third-order valence-electron chi connectivity index (χ3n) is 5.66. The number of hydrogen-bond acceptors (Lipinski definition) is 3. The van der Waals surface area contributed by atoms with E-state index in [9.17, 15) is 4.79 Å². The minimum absolute atomic E-state index is 0.357. The van der Waals surface area contributed by atoms with Gasteiger partial charge >= 0.3 is 0 Å². The Morgan fingerprint density at radius 3 is 2.24 bits per heavy atom. The second kappa shape index (κ2) is 9.35. The zero-order valence-corrected chi connectivity index (χ0v) is 15.7. The molecule has 2 saturated heterocycles. The van der Waals surface area contributed by atoms with Gasteiger partial charge in [-0.15, -0.1) is 0 Å². The maximum Gasteiger partial charge on any atom is 0.222 e. The number of benzene rings is 1. The monoisotopic (exact) mass is 343 g/mol. The molecular weight excluding hydrogens is 310 g/mol. The van der Waals surface area contributed by atoms with Gasteiger partial charge in [-0.1, -0.05) is 37.3 Å². The zero-order valence-electron chi connectivity index (χ0n) is 15.7. The van der Waals surface area contributed by atoms with Crippen LogP contribution in [0.3, 0.4) is 0 Å². The molecule has 0 bridgehead atoms. The Morgan fingerprint density at radius 1 is 0.960 bits per heavy atom. The molecule has 0 N–H and O–H groups in total. The smallest absolute Gasteiger partial charge is 0.222 e. The molecule has 4 nitrogen and oxygen atoms in total. The summed E-state index contributed by atoms with van der Waals surface area (Å²) in [5.74, 6) is 1.13. The summed E-state index contributed by atoms with van der Waals surface area (Å²) in [6.45, 7) is 11.0. The standard InChI is InChI=1S/C21H33N3O/c1-2-6-21(25)24-11-9-20(10-12-24)18-23-15-13-22(14-16-23)17-19-7-4-3-5-8-19/h3-5,7-8,20H,2,6,9-18H2,1H3. The SMILES string of the molecule is CCCC(=O)N1CCC(CN2CCN(Cc3ccccc3)CC2)CC1. The Morgan fingerprint density at radius 2 is 1.60 bits per heavy atom. The van der Waals surface area contributed by atoms with Crippen LogP contribution in [0.5, 0.6) is 0 Å². The summed E-state index contributed by atoms with van der Waals surface area (Å²) >= 11 is 0. The van der Waals surface area contributed by atoms with E-state index in [0.717, 1.165) is 32.0 Å². The number of rotatable bonds is 6. The van der Waals surface area contributed by atoms with Crippen molar-refractivity contribution >= 4 is 5.91 Å². The molecule has 25 heavy (non-hydrogen) atoms. The van der Waals surface area contributed by atoms with Crippen LogP contribution in [0.1, 0.15) is 38.2 Å². The first-order chi connectivity index (χ1) is 12.2. The quantitative estimate of drug-likeness (QED) is 0.795. The number of likely N-dealkylation sites (tertiary alicyclic amines) is 1. The number of nitrogens with zero attached hydrogens (tertiary/aromatic N) is 3. The van der Waals surface area contributed by atoms with Crippen LogP contribution < -0.4 is 0 Å². The first kappa shape index (κ1) is 18.4. The van der Waals surface area contributed by atoms with Crippen molar-refractivity contribution in [1.29, 1.82) is 0 Å². The summed E-state index contributed by atoms with van der Waals surface area (Å²) < 4.78 is 0. The lowest BCUT2D eigenvalue weighted by molar-refractivity contribution is -0.132. The van der Waals surface area contributed by atoms with Gasteiger partial charge in [0.1, 0.15) is 0 Å². The van der Waals surface area contributed by atoms with Gasteiger partial charge in [0.2, 0.25) is 5.91 Å². The molecule has 1 aromatic carbocycles. The van der Waals surface area contributed by atoms with Crippen LogP contribution in [-0.2, 0) is 11.3 Å². The average molecular weight is 344 g/mol. The normalized spacial score (nSPS) is 20.8. The number of piperazine rings is 1. The summed E-state index contributed by atoms with van der Waals surface area (Å²) in [6.07, 6.45) is 4.04. The van der Waals surface area contributed by atoms with Crippen molar-refractivity contribution in [1.82, 2.24) is 14.7 Å². The molecule has 138 valence electrons. The Bertz CT molecular complexity index is 517. The number of carbonyl (C=O) groups is 1. The van der Waals surface area contributed by atoms with Crippen LogP contribution in [0.4, 0.5) is 0 Å². The van der Waals surface area contributed by atoms with Crippen molar-refractivity contribution in [3.8, 4) is 0 Å². The fraction of sp³-hybridized carbons (Fsp3) is 0.667. The summed E-state index contributed by atoms with van der Waals surface area (Å²) in [5, 5.41) is 0. The van der Waals surface area contributed by atoms with Gasteiger partial charge in [-0.05, 0) is 30.7 Å². The van der Waals surface area contributed by atoms with E-state index in [1.54, 1.807) is 0 Å². The van der Waals surface area contributed by atoms with Gasteiger partial charge < -0.3 is 9.80 Å². The molecule has 2 aliphatic rings. The lowest BCUT2D eigenvalue weighted by Gasteiger charge is -2.39. The molecule has 0 saturated carbocycles. The molecule has 0 spiro atoms. The Labute approximate surface area is 152 Å². The van der Waals surface area contributed by atoms with Gasteiger partial charge in [0.05, 0.1) is 0 Å². The first-order valence-corrected chi connectivity index (χ1v) is 10.0. The average Bonchev–Trinajstić information content (AvgIpc) is 2.65. The molecule has 0 aromatic heterocycles. The third-order valence-corrected chi connectivity index (χ3v) is 5.66.